The summed E-state index contributed by atoms with van der Waals surface area (Å²) in [6, 6.07) is 2.74. The van der Waals surface area contributed by atoms with Crippen molar-refractivity contribution in [3.63, 3.8) is 0 Å². The van der Waals surface area contributed by atoms with E-state index < -0.39 is 28.9 Å². The molecule has 1 aliphatic rings. The van der Waals surface area contributed by atoms with Crippen molar-refractivity contribution in [1.82, 2.24) is 0 Å². The van der Waals surface area contributed by atoms with Gasteiger partial charge in [-0.3, -0.25) is 0 Å². The molecule has 0 amide bonds. The lowest BCUT2D eigenvalue weighted by molar-refractivity contribution is -0.137. The first-order chi connectivity index (χ1) is 9.32. The summed E-state index contributed by atoms with van der Waals surface area (Å²) in [6.07, 6.45) is -1.64. The summed E-state index contributed by atoms with van der Waals surface area (Å²) < 4.78 is 38.4. The SMILES string of the molecule is Cl.N[C@H](c1cccc(C(F)(F)F)c1Cl)[C@@H](O)C1CCCC1. The van der Waals surface area contributed by atoms with Gasteiger partial charge in [-0.05, 0) is 30.4 Å². The fraction of sp³-hybridized carbons (Fsp3) is 0.571. The molecule has 2 nitrogen and oxygen atoms in total. The predicted molar refractivity (Wildman–Crippen MR) is 78.6 cm³/mol. The maximum Gasteiger partial charge on any atom is 0.417 e. The van der Waals surface area contributed by atoms with Crippen LogP contribution in [0, 0.1) is 5.92 Å². The molecule has 120 valence electrons. The maximum absolute atomic E-state index is 12.8. The molecule has 0 aliphatic heterocycles. The van der Waals surface area contributed by atoms with Gasteiger partial charge in [0, 0.05) is 0 Å². The van der Waals surface area contributed by atoms with E-state index in [1.165, 1.54) is 12.1 Å². The summed E-state index contributed by atoms with van der Waals surface area (Å²) in [5.74, 6) is 0.0376. The summed E-state index contributed by atoms with van der Waals surface area (Å²) in [7, 11) is 0. The highest BCUT2D eigenvalue weighted by molar-refractivity contribution is 6.32. The Labute approximate surface area is 132 Å². The molecule has 0 bridgehead atoms. The molecule has 2 rings (SSSR count). The highest BCUT2D eigenvalue weighted by atomic mass is 35.5. The van der Waals surface area contributed by atoms with E-state index in [0.717, 1.165) is 31.7 Å². The van der Waals surface area contributed by atoms with Crippen LogP contribution in [0.1, 0.15) is 42.9 Å². The third-order valence-corrected chi connectivity index (χ3v) is 4.37. The molecule has 1 aliphatic carbocycles. The van der Waals surface area contributed by atoms with Crippen molar-refractivity contribution in [3.8, 4) is 0 Å². The first-order valence-corrected chi connectivity index (χ1v) is 6.99. The number of aliphatic hydroxyl groups is 1. The Morgan fingerprint density at radius 2 is 1.81 bits per heavy atom. The minimum absolute atomic E-state index is 0. The first-order valence-electron chi connectivity index (χ1n) is 6.61. The Morgan fingerprint density at radius 1 is 1.24 bits per heavy atom. The maximum atomic E-state index is 12.8. The van der Waals surface area contributed by atoms with Crippen molar-refractivity contribution in [1.29, 1.82) is 0 Å². The molecule has 3 N–H and O–H groups in total. The Balaban J connectivity index is 0.00000220. The lowest BCUT2D eigenvalue weighted by Gasteiger charge is -2.26. The second kappa shape index (κ2) is 7.18. The molecule has 1 saturated carbocycles. The molecule has 1 fully saturated rings. The fourth-order valence-electron chi connectivity index (χ4n) is 2.80. The Kier molecular flexibility index (Phi) is 6.35. The summed E-state index contributed by atoms with van der Waals surface area (Å²) in [6.45, 7) is 0. The van der Waals surface area contributed by atoms with Crippen molar-refractivity contribution in [2.45, 2.75) is 44.0 Å². The van der Waals surface area contributed by atoms with Gasteiger partial charge in [0.05, 0.1) is 22.7 Å². The molecule has 0 aromatic heterocycles. The van der Waals surface area contributed by atoms with Crippen molar-refractivity contribution < 1.29 is 18.3 Å². The third kappa shape index (κ3) is 4.03. The molecular weight excluding hydrogens is 326 g/mol. The minimum Gasteiger partial charge on any atom is -0.391 e. The van der Waals surface area contributed by atoms with Gasteiger partial charge in [0.25, 0.3) is 0 Å². The Hall–Kier alpha value is -0.490. The van der Waals surface area contributed by atoms with E-state index in [1.807, 2.05) is 0 Å². The summed E-state index contributed by atoms with van der Waals surface area (Å²) in [5.41, 5.74) is 5.17. The first kappa shape index (κ1) is 18.6. The molecular formula is C14H18Cl2F3NO. The number of hydrogen-bond acceptors (Lipinski definition) is 2. The fourth-order valence-corrected chi connectivity index (χ4v) is 3.16. The van der Waals surface area contributed by atoms with Crippen molar-refractivity contribution in [3.05, 3.63) is 34.3 Å². The van der Waals surface area contributed by atoms with E-state index in [2.05, 4.69) is 0 Å². The molecule has 21 heavy (non-hydrogen) atoms. The molecule has 0 saturated heterocycles. The van der Waals surface area contributed by atoms with Gasteiger partial charge in [0.1, 0.15) is 0 Å². The van der Waals surface area contributed by atoms with Crippen LogP contribution >= 0.6 is 24.0 Å². The van der Waals surface area contributed by atoms with Gasteiger partial charge in [0.2, 0.25) is 0 Å². The number of halogens is 5. The predicted octanol–water partition coefficient (Wildman–Crippen LogP) is 4.33. The standard InChI is InChI=1S/C14H17ClF3NO.ClH/c15-11-9(6-3-7-10(11)14(16,17)18)12(19)13(20)8-4-1-2-5-8;/h3,6-8,12-13,20H,1-2,4-5,19H2;1H/t12-,13+;/m1./s1. The van der Waals surface area contributed by atoms with E-state index in [0.29, 0.717) is 0 Å². The van der Waals surface area contributed by atoms with Crippen LogP contribution in [-0.2, 0) is 6.18 Å². The van der Waals surface area contributed by atoms with Gasteiger partial charge >= 0.3 is 6.18 Å². The molecule has 1 aromatic rings. The lowest BCUT2D eigenvalue weighted by Crippen LogP contribution is -2.32. The van der Waals surface area contributed by atoms with Gasteiger partial charge in [-0.25, -0.2) is 0 Å². The summed E-state index contributed by atoms with van der Waals surface area (Å²) in [5, 5.41) is 9.81. The van der Waals surface area contributed by atoms with E-state index in [4.69, 9.17) is 17.3 Å². The molecule has 1 aromatic carbocycles. The molecule has 0 spiro atoms. The molecule has 2 atom stereocenters. The van der Waals surface area contributed by atoms with Gasteiger partial charge < -0.3 is 10.8 Å². The van der Waals surface area contributed by atoms with Crippen LogP contribution in [0.25, 0.3) is 0 Å². The normalized spacial score (nSPS) is 19.1. The van der Waals surface area contributed by atoms with Crippen LogP contribution in [0.2, 0.25) is 5.02 Å². The number of benzene rings is 1. The third-order valence-electron chi connectivity index (χ3n) is 3.94. The van der Waals surface area contributed by atoms with E-state index in [1.54, 1.807) is 0 Å². The number of aliphatic hydroxyl groups excluding tert-OH is 1. The van der Waals surface area contributed by atoms with Crippen molar-refractivity contribution in [2.24, 2.45) is 11.7 Å². The van der Waals surface area contributed by atoms with E-state index in [-0.39, 0.29) is 23.9 Å². The van der Waals surface area contributed by atoms with Crippen molar-refractivity contribution in [2.75, 3.05) is 0 Å². The number of rotatable bonds is 3. The van der Waals surface area contributed by atoms with Gasteiger partial charge in [-0.1, -0.05) is 36.6 Å². The van der Waals surface area contributed by atoms with Crippen LogP contribution in [0.4, 0.5) is 13.2 Å². The second-order valence-electron chi connectivity index (χ2n) is 5.27. The Bertz CT molecular complexity index is 476. The highest BCUT2D eigenvalue weighted by Gasteiger charge is 2.36. The second-order valence-corrected chi connectivity index (χ2v) is 5.65. The summed E-state index contributed by atoms with van der Waals surface area (Å²) in [4.78, 5) is 0. The lowest BCUT2D eigenvalue weighted by atomic mass is 9.90. The topological polar surface area (TPSA) is 46.2 Å². The number of nitrogens with two attached hydrogens (primary N) is 1. The number of alkyl halides is 3. The van der Waals surface area contributed by atoms with Crippen molar-refractivity contribution >= 4 is 24.0 Å². The average Bonchev–Trinajstić information content (AvgIpc) is 2.89. The zero-order valence-electron chi connectivity index (χ0n) is 11.2. The molecule has 0 unspecified atom stereocenters. The van der Waals surface area contributed by atoms with Gasteiger partial charge in [-0.15, -0.1) is 12.4 Å². The van der Waals surface area contributed by atoms with Gasteiger partial charge in [0.15, 0.2) is 0 Å². The summed E-state index contributed by atoms with van der Waals surface area (Å²) >= 11 is 5.83. The highest BCUT2D eigenvalue weighted by Crippen LogP contribution is 2.40. The largest absolute Gasteiger partial charge is 0.417 e. The smallest absolute Gasteiger partial charge is 0.391 e. The van der Waals surface area contributed by atoms with E-state index >= 15 is 0 Å². The molecule has 0 heterocycles. The minimum atomic E-state index is -4.52. The molecule has 7 heteroatoms. The zero-order chi connectivity index (χ0) is 14.9. The Morgan fingerprint density at radius 3 is 2.33 bits per heavy atom. The van der Waals surface area contributed by atoms with Crippen LogP contribution in [0.5, 0.6) is 0 Å². The van der Waals surface area contributed by atoms with Gasteiger partial charge in [-0.2, -0.15) is 13.2 Å². The quantitative estimate of drug-likeness (QED) is 0.857. The number of hydrogen-bond donors (Lipinski definition) is 2. The zero-order valence-corrected chi connectivity index (χ0v) is 12.8. The van der Waals surface area contributed by atoms with Crippen LogP contribution in [-0.4, -0.2) is 11.2 Å². The van der Waals surface area contributed by atoms with Crippen LogP contribution in [0.15, 0.2) is 18.2 Å². The van der Waals surface area contributed by atoms with E-state index in [9.17, 15) is 18.3 Å². The molecule has 0 radical (unpaired) electrons. The van der Waals surface area contributed by atoms with Crippen LogP contribution in [0.3, 0.4) is 0 Å². The van der Waals surface area contributed by atoms with Crippen LogP contribution < -0.4 is 5.73 Å². The monoisotopic (exact) mass is 343 g/mol. The average molecular weight is 344 g/mol.